The maximum Gasteiger partial charge on any atom is 0.191 e. The third kappa shape index (κ3) is 11.2. The molecule has 1 heterocycles. The van der Waals surface area contributed by atoms with Crippen molar-refractivity contribution in [2.75, 3.05) is 66.8 Å². The molecular formula is C25H45IN4O3. The van der Waals surface area contributed by atoms with Gasteiger partial charge in [-0.3, -0.25) is 9.89 Å². The number of methoxy groups -OCH3 is 1. The van der Waals surface area contributed by atoms with Crippen molar-refractivity contribution in [1.82, 2.24) is 15.5 Å². The molecule has 0 bridgehead atoms. The number of rotatable bonds is 14. The minimum absolute atomic E-state index is 0. The Hall–Kier alpha value is -1.10. The lowest BCUT2D eigenvalue weighted by Gasteiger charge is -2.39. The maximum absolute atomic E-state index is 5.66. The molecule has 0 amide bonds. The predicted octanol–water partition coefficient (Wildman–Crippen LogP) is 4.08. The number of likely N-dealkylation sites (tertiary alicyclic amines) is 1. The molecule has 1 fully saturated rings. The van der Waals surface area contributed by atoms with Crippen LogP contribution in [0.4, 0.5) is 0 Å². The number of hydrogen-bond donors (Lipinski definition) is 2. The molecule has 8 heteroatoms. The lowest BCUT2D eigenvalue weighted by atomic mass is 9.85. The summed E-state index contributed by atoms with van der Waals surface area (Å²) in [5, 5.41) is 6.75. The summed E-state index contributed by atoms with van der Waals surface area (Å²) in [6, 6.07) is 8.86. The number of ether oxygens (including phenoxy) is 3. The molecule has 0 saturated carbocycles. The molecule has 1 aliphatic rings. The summed E-state index contributed by atoms with van der Waals surface area (Å²) >= 11 is 0. The molecule has 1 aromatic carbocycles. The Bertz CT molecular complexity index is 645. The predicted molar refractivity (Wildman–Crippen MR) is 147 cm³/mol. The van der Waals surface area contributed by atoms with Crippen LogP contribution >= 0.6 is 24.0 Å². The summed E-state index contributed by atoms with van der Waals surface area (Å²) in [7, 11) is 3.93. The molecule has 1 aromatic rings. The highest BCUT2D eigenvalue weighted by atomic mass is 127. The third-order valence-corrected chi connectivity index (χ3v) is 5.85. The highest BCUT2D eigenvalue weighted by molar-refractivity contribution is 14.0. The molecule has 1 aliphatic heterocycles. The van der Waals surface area contributed by atoms with Crippen molar-refractivity contribution in [2.45, 2.75) is 45.6 Å². The van der Waals surface area contributed by atoms with Crippen molar-refractivity contribution in [1.29, 1.82) is 0 Å². The molecule has 0 aliphatic carbocycles. The quantitative estimate of drug-likeness (QED) is 0.151. The van der Waals surface area contributed by atoms with Crippen LogP contribution in [0.3, 0.4) is 0 Å². The van der Waals surface area contributed by atoms with Crippen molar-refractivity contribution in [3.63, 3.8) is 0 Å². The molecule has 2 atom stereocenters. The van der Waals surface area contributed by atoms with E-state index in [0.29, 0.717) is 31.8 Å². The summed E-state index contributed by atoms with van der Waals surface area (Å²) in [6.45, 7) is 10.5. The Kier molecular flexibility index (Phi) is 16.6. The average molecular weight is 577 g/mol. The largest absolute Gasteiger partial charge is 0.497 e. The van der Waals surface area contributed by atoms with Crippen LogP contribution in [0.5, 0.6) is 5.75 Å². The summed E-state index contributed by atoms with van der Waals surface area (Å²) in [5.74, 6) is 2.24. The number of unbranched alkanes of at least 4 members (excludes halogenated alkanes) is 1. The maximum atomic E-state index is 5.66. The van der Waals surface area contributed by atoms with Crippen LogP contribution in [0.2, 0.25) is 0 Å². The fourth-order valence-corrected chi connectivity index (χ4v) is 4.14. The van der Waals surface area contributed by atoms with Gasteiger partial charge in [0.05, 0.1) is 26.9 Å². The van der Waals surface area contributed by atoms with Gasteiger partial charge in [0.25, 0.3) is 0 Å². The van der Waals surface area contributed by atoms with E-state index in [1.54, 1.807) is 7.11 Å². The summed E-state index contributed by atoms with van der Waals surface area (Å²) in [4.78, 5) is 7.37. The number of guanidine groups is 1. The van der Waals surface area contributed by atoms with E-state index in [-0.39, 0.29) is 24.0 Å². The molecule has 2 rings (SSSR count). The first-order valence-electron chi connectivity index (χ1n) is 12.2. The van der Waals surface area contributed by atoms with Gasteiger partial charge in [-0.05, 0) is 63.4 Å². The van der Waals surface area contributed by atoms with Gasteiger partial charge in [0, 0.05) is 32.3 Å². The lowest BCUT2D eigenvalue weighted by Crippen LogP contribution is -2.41. The van der Waals surface area contributed by atoms with Crippen LogP contribution in [-0.2, 0) is 9.47 Å². The first-order valence-corrected chi connectivity index (χ1v) is 12.2. The van der Waals surface area contributed by atoms with Gasteiger partial charge in [-0.25, -0.2) is 0 Å². The molecule has 7 nitrogen and oxygen atoms in total. The van der Waals surface area contributed by atoms with Crippen LogP contribution < -0.4 is 15.4 Å². The SMILES string of the molecule is CCCCOCCOCCNC(=NCC1CCCN(C)C1c1ccc(OC)cc1)NCC.I. The van der Waals surface area contributed by atoms with Crippen LogP contribution in [0.1, 0.15) is 51.1 Å². The van der Waals surface area contributed by atoms with Crippen molar-refractivity contribution >= 4 is 29.9 Å². The molecule has 0 radical (unpaired) electrons. The second kappa shape index (κ2) is 18.3. The second-order valence-electron chi connectivity index (χ2n) is 8.33. The Labute approximate surface area is 218 Å². The van der Waals surface area contributed by atoms with Gasteiger partial charge >= 0.3 is 0 Å². The van der Waals surface area contributed by atoms with E-state index in [1.165, 1.54) is 18.4 Å². The fourth-order valence-electron chi connectivity index (χ4n) is 4.14. The lowest BCUT2D eigenvalue weighted by molar-refractivity contribution is 0.0487. The zero-order chi connectivity index (χ0) is 23.0. The smallest absolute Gasteiger partial charge is 0.191 e. The number of benzene rings is 1. The average Bonchev–Trinajstić information content (AvgIpc) is 2.81. The van der Waals surface area contributed by atoms with Gasteiger partial charge < -0.3 is 24.8 Å². The zero-order valence-corrected chi connectivity index (χ0v) is 23.3. The van der Waals surface area contributed by atoms with Gasteiger partial charge in [0.2, 0.25) is 0 Å². The number of piperidine rings is 1. The van der Waals surface area contributed by atoms with Crippen molar-refractivity contribution in [3.8, 4) is 5.75 Å². The monoisotopic (exact) mass is 576 g/mol. The number of aliphatic imine (C=N–C) groups is 1. The zero-order valence-electron chi connectivity index (χ0n) is 21.0. The number of halogens is 1. The van der Waals surface area contributed by atoms with E-state index in [4.69, 9.17) is 19.2 Å². The highest BCUT2D eigenvalue weighted by Gasteiger charge is 2.30. The Morgan fingerprint density at radius 3 is 2.45 bits per heavy atom. The first-order chi connectivity index (χ1) is 15.7. The van der Waals surface area contributed by atoms with E-state index in [1.807, 2.05) is 0 Å². The van der Waals surface area contributed by atoms with E-state index >= 15 is 0 Å². The minimum atomic E-state index is 0. The standard InChI is InChI=1S/C25H44N4O3.HI/c1-5-7-16-31-18-19-32-17-14-27-25(26-6-2)28-20-22-9-8-15-29(3)24(22)21-10-12-23(30-4)13-11-21;/h10-13,22,24H,5-9,14-20H2,1-4H3,(H2,26,27,28);1H. The van der Waals surface area contributed by atoms with Crippen LogP contribution in [0.15, 0.2) is 29.3 Å². The number of nitrogens with one attached hydrogen (secondary N) is 2. The summed E-state index contributed by atoms with van der Waals surface area (Å²) < 4.78 is 16.5. The van der Waals surface area contributed by atoms with Gasteiger partial charge in [0.1, 0.15) is 5.75 Å². The Balaban J connectivity index is 0.00000544. The third-order valence-electron chi connectivity index (χ3n) is 5.85. The van der Waals surface area contributed by atoms with Crippen LogP contribution in [-0.4, -0.2) is 77.6 Å². The van der Waals surface area contributed by atoms with Crippen LogP contribution in [0, 0.1) is 5.92 Å². The molecule has 2 N–H and O–H groups in total. The molecule has 33 heavy (non-hydrogen) atoms. The Morgan fingerprint density at radius 1 is 1.06 bits per heavy atom. The minimum Gasteiger partial charge on any atom is -0.497 e. The Morgan fingerprint density at radius 2 is 1.79 bits per heavy atom. The molecule has 0 spiro atoms. The molecule has 0 aromatic heterocycles. The normalized spacial score (nSPS) is 19.1. The molecule has 2 unspecified atom stereocenters. The summed E-state index contributed by atoms with van der Waals surface area (Å²) in [5.41, 5.74) is 1.33. The van der Waals surface area contributed by atoms with E-state index in [9.17, 15) is 0 Å². The van der Waals surface area contributed by atoms with Crippen molar-refractivity contribution < 1.29 is 14.2 Å². The van der Waals surface area contributed by atoms with Gasteiger partial charge in [-0.2, -0.15) is 0 Å². The topological polar surface area (TPSA) is 67.4 Å². The van der Waals surface area contributed by atoms with E-state index in [0.717, 1.165) is 57.3 Å². The number of nitrogens with zero attached hydrogens (tertiary/aromatic N) is 2. The summed E-state index contributed by atoms with van der Waals surface area (Å²) in [6.07, 6.45) is 4.67. The van der Waals surface area contributed by atoms with Crippen LogP contribution in [0.25, 0.3) is 0 Å². The van der Waals surface area contributed by atoms with Gasteiger partial charge in [0.15, 0.2) is 5.96 Å². The van der Waals surface area contributed by atoms with Gasteiger partial charge in [-0.15, -0.1) is 24.0 Å². The van der Waals surface area contributed by atoms with E-state index < -0.39 is 0 Å². The van der Waals surface area contributed by atoms with E-state index in [2.05, 4.69) is 60.7 Å². The van der Waals surface area contributed by atoms with Crippen molar-refractivity contribution in [2.24, 2.45) is 10.9 Å². The fraction of sp³-hybridized carbons (Fsp3) is 0.720. The first kappa shape index (κ1) is 29.9. The van der Waals surface area contributed by atoms with Crippen molar-refractivity contribution in [3.05, 3.63) is 29.8 Å². The number of hydrogen-bond acceptors (Lipinski definition) is 5. The molecule has 190 valence electrons. The molecule has 1 saturated heterocycles. The molecular weight excluding hydrogens is 531 g/mol. The van der Waals surface area contributed by atoms with Gasteiger partial charge in [-0.1, -0.05) is 25.5 Å². The second-order valence-corrected chi connectivity index (χ2v) is 8.33. The highest BCUT2D eigenvalue weighted by Crippen LogP contribution is 2.35.